The van der Waals surface area contributed by atoms with Gasteiger partial charge in [0.15, 0.2) is 0 Å². The Balaban J connectivity index is 1.55. The second kappa shape index (κ2) is 10.7. The predicted octanol–water partition coefficient (Wildman–Crippen LogP) is 7.26. The van der Waals surface area contributed by atoms with Crippen LogP contribution in [0.3, 0.4) is 0 Å². The standard InChI is InChI=1S/C29H50O5Si2/c1-28-15-14-26-24(25(28)11-12-27(28)34-36(6,7)8)10-9-22-19-23(33-35(3,4)5)13-16-29(22,26)20-32-21-31-18-17-30-2/h12-13,19,24-26H,9-11,14-18,20-21H2,1-8H3/t24-,25-,26-,28-,29+/m0/s1. The van der Waals surface area contributed by atoms with E-state index >= 15 is 0 Å². The highest BCUT2D eigenvalue weighted by molar-refractivity contribution is 6.70. The second-order valence-corrected chi connectivity index (χ2v) is 22.5. The highest BCUT2D eigenvalue weighted by Gasteiger charge is 2.59. The molecule has 4 aliphatic rings. The molecule has 0 aromatic rings. The third-order valence-electron chi connectivity index (χ3n) is 8.83. The summed E-state index contributed by atoms with van der Waals surface area (Å²) in [5, 5.41) is 0. The molecule has 0 saturated heterocycles. The largest absolute Gasteiger partial charge is 0.547 e. The van der Waals surface area contributed by atoms with E-state index in [1.165, 1.54) is 25.0 Å². The minimum Gasteiger partial charge on any atom is -0.547 e. The first-order valence-electron chi connectivity index (χ1n) is 14.0. The molecule has 4 rings (SSSR count). The van der Waals surface area contributed by atoms with Crippen molar-refractivity contribution < 1.29 is 23.1 Å². The first-order chi connectivity index (χ1) is 16.9. The van der Waals surface area contributed by atoms with E-state index in [-0.39, 0.29) is 10.8 Å². The Kier molecular flexibility index (Phi) is 8.38. The van der Waals surface area contributed by atoms with Crippen LogP contribution in [-0.2, 0) is 23.1 Å². The highest BCUT2D eigenvalue weighted by atomic mass is 28.4. The summed E-state index contributed by atoms with van der Waals surface area (Å²) < 4.78 is 30.2. The molecule has 5 atom stereocenters. The zero-order valence-corrected chi connectivity index (χ0v) is 26.1. The van der Waals surface area contributed by atoms with Crippen molar-refractivity contribution in [1.29, 1.82) is 0 Å². The van der Waals surface area contributed by atoms with Gasteiger partial charge in [-0.25, -0.2) is 0 Å². The van der Waals surface area contributed by atoms with Crippen LogP contribution in [0, 0.1) is 28.6 Å². The van der Waals surface area contributed by atoms with Crippen LogP contribution in [0.1, 0.15) is 45.4 Å². The Hall–Kier alpha value is -0.866. The summed E-state index contributed by atoms with van der Waals surface area (Å²) in [4.78, 5) is 0. The zero-order valence-electron chi connectivity index (χ0n) is 24.1. The molecule has 0 bridgehead atoms. The molecule has 0 aliphatic heterocycles. The van der Waals surface area contributed by atoms with Crippen LogP contribution in [0.25, 0.3) is 0 Å². The molecule has 2 saturated carbocycles. The monoisotopic (exact) mass is 534 g/mol. The highest BCUT2D eigenvalue weighted by Crippen LogP contribution is 2.65. The van der Waals surface area contributed by atoms with Gasteiger partial charge in [0, 0.05) is 17.9 Å². The molecule has 36 heavy (non-hydrogen) atoms. The number of allylic oxidation sites excluding steroid dienone is 4. The van der Waals surface area contributed by atoms with Gasteiger partial charge in [0.05, 0.1) is 31.3 Å². The molecule has 0 radical (unpaired) electrons. The Bertz CT molecular complexity index is 883. The predicted molar refractivity (Wildman–Crippen MR) is 150 cm³/mol. The topological polar surface area (TPSA) is 46.2 Å². The van der Waals surface area contributed by atoms with Crippen molar-refractivity contribution in [2.75, 3.05) is 33.7 Å². The Labute approximate surface area is 221 Å². The van der Waals surface area contributed by atoms with Gasteiger partial charge in [0.25, 0.3) is 0 Å². The molecule has 0 amide bonds. The van der Waals surface area contributed by atoms with Gasteiger partial charge in [-0.15, -0.1) is 0 Å². The third kappa shape index (κ3) is 5.90. The quantitative estimate of drug-likeness (QED) is 0.159. The molecule has 7 heteroatoms. The van der Waals surface area contributed by atoms with Crippen molar-refractivity contribution in [3.05, 3.63) is 35.3 Å². The number of rotatable bonds is 11. The summed E-state index contributed by atoms with van der Waals surface area (Å²) >= 11 is 0. The SMILES string of the molecule is COCCOCOC[C@]12CC=C(O[Si](C)(C)C)C=C1CC[C@@H]1[C@@H]2CC[C@]2(C)C(O[Si](C)(C)C)=CC[C@@H]12. The fraction of sp³-hybridized carbons (Fsp3) is 0.793. The van der Waals surface area contributed by atoms with Gasteiger partial charge in [-0.2, -0.15) is 0 Å². The average molecular weight is 535 g/mol. The molecule has 4 aliphatic carbocycles. The van der Waals surface area contributed by atoms with Crippen molar-refractivity contribution in [3.8, 4) is 0 Å². The van der Waals surface area contributed by atoms with E-state index in [2.05, 4.69) is 64.4 Å². The summed E-state index contributed by atoms with van der Waals surface area (Å²) in [5.41, 5.74) is 1.78. The molecule has 2 fully saturated rings. The van der Waals surface area contributed by atoms with Crippen molar-refractivity contribution >= 4 is 16.6 Å². The van der Waals surface area contributed by atoms with E-state index in [1.54, 1.807) is 12.7 Å². The molecular formula is C29H50O5Si2. The van der Waals surface area contributed by atoms with Gasteiger partial charge in [0.2, 0.25) is 16.6 Å². The van der Waals surface area contributed by atoms with Crippen LogP contribution in [0.5, 0.6) is 0 Å². The zero-order chi connectivity index (χ0) is 26.2. The molecular weight excluding hydrogens is 484 g/mol. The van der Waals surface area contributed by atoms with Crippen LogP contribution in [0.4, 0.5) is 0 Å². The second-order valence-electron chi connectivity index (χ2n) is 13.6. The van der Waals surface area contributed by atoms with E-state index in [1.807, 2.05) is 0 Å². The van der Waals surface area contributed by atoms with E-state index in [0.29, 0.717) is 37.8 Å². The molecule has 0 unspecified atom stereocenters. The molecule has 5 nitrogen and oxygen atoms in total. The smallest absolute Gasteiger partial charge is 0.242 e. The number of hydrogen-bond donors (Lipinski definition) is 0. The number of ether oxygens (including phenoxy) is 3. The van der Waals surface area contributed by atoms with Crippen molar-refractivity contribution in [2.24, 2.45) is 28.6 Å². The normalized spacial score (nSPS) is 34.1. The van der Waals surface area contributed by atoms with Crippen LogP contribution < -0.4 is 0 Å². The maximum atomic E-state index is 6.67. The maximum Gasteiger partial charge on any atom is 0.242 e. The minimum atomic E-state index is -1.65. The number of hydrogen-bond acceptors (Lipinski definition) is 5. The van der Waals surface area contributed by atoms with Gasteiger partial charge in [-0.05, 0) is 114 Å². The first-order valence-corrected chi connectivity index (χ1v) is 20.8. The molecule has 0 aromatic heterocycles. The lowest BCUT2D eigenvalue weighted by Crippen LogP contribution is -2.52. The summed E-state index contributed by atoms with van der Waals surface area (Å²) in [5.74, 6) is 4.38. The fourth-order valence-corrected chi connectivity index (χ4v) is 9.21. The molecule has 0 N–H and O–H groups in total. The van der Waals surface area contributed by atoms with Crippen LogP contribution >= 0.6 is 0 Å². The maximum absolute atomic E-state index is 6.67. The third-order valence-corrected chi connectivity index (χ3v) is 10.5. The number of methoxy groups -OCH3 is 1. The van der Waals surface area contributed by atoms with Crippen LogP contribution in [-0.4, -0.2) is 50.4 Å². The summed E-state index contributed by atoms with van der Waals surface area (Å²) in [6.45, 7) is 18.4. The van der Waals surface area contributed by atoms with Crippen molar-refractivity contribution in [1.82, 2.24) is 0 Å². The van der Waals surface area contributed by atoms with Crippen LogP contribution in [0.2, 0.25) is 39.3 Å². The van der Waals surface area contributed by atoms with Crippen molar-refractivity contribution in [2.45, 2.75) is 84.7 Å². The molecule has 0 heterocycles. The average Bonchev–Trinajstić information content (AvgIpc) is 3.10. The lowest BCUT2D eigenvalue weighted by Gasteiger charge is -2.58. The Morgan fingerprint density at radius 2 is 1.67 bits per heavy atom. The van der Waals surface area contributed by atoms with Gasteiger partial charge >= 0.3 is 0 Å². The lowest BCUT2D eigenvalue weighted by molar-refractivity contribution is -0.119. The number of fused-ring (bicyclic) bond motifs is 5. The minimum absolute atomic E-state index is 0.0452. The molecule has 0 aromatic carbocycles. The Morgan fingerprint density at radius 3 is 2.36 bits per heavy atom. The van der Waals surface area contributed by atoms with Gasteiger partial charge in [0.1, 0.15) is 6.79 Å². The summed E-state index contributed by atoms with van der Waals surface area (Å²) in [6, 6.07) is 0. The van der Waals surface area contributed by atoms with Crippen molar-refractivity contribution in [3.63, 3.8) is 0 Å². The van der Waals surface area contributed by atoms with Crippen LogP contribution in [0.15, 0.2) is 35.3 Å². The van der Waals surface area contributed by atoms with Gasteiger partial charge in [-0.3, -0.25) is 0 Å². The van der Waals surface area contributed by atoms with E-state index in [4.69, 9.17) is 23.1 Å². The van der Waals surface area contributed by atoms with E-state index in [9.17, 15) is 0 Å². The van der Waals surface area contributed by atoms with Gasteiger partial charge < -0.3 is 23.1 Å². The summed E-state index contributed by atoms with van der Waals surface area (Å²) in [6.07, 6.45) is 14.2. The summed E-state index contributed by atoms with van der Waals surface area (Å²) in [7, 11) is -1.58. The fourth-order valence-electron chi connectivity index (χ4n) is 7.38. The van der Waals surface area contributed by atoms with E-state index < -0.39 is 16.6 Å². The lowest BCUT2D eigenvalue weighted by atomic mass is 9.47. The molecule has 204 valence electrons. The molecule has 0 spiro atoms. The van der Waals surface area contributed by atoms with Gasteiger partial charge in [-0.1, -0.05) is 12.5 Å². The Morgan fingerprint density at radius 1 is 0.917 bits per heavy atom. The first kappa shape index (κ1) is 28.1. The van der Waals surface area contributed by atoms with E-state index in [0.717, 1.165) is 31.6 Å².